The number of allylic oxidation sites excluding steroid dienone is 4. The lowest BCUT2D eigenvalue weighted by Gasteiger charge is -2.44. The first-order valence-corrected chi connectivity index (χ1v) is 10.4. The van der Waals surface area contributed by atoms with Gasteiger partial charge in [-0.05, 0) is 64.0 Å². The Hall–Kier alpha value is -1.73. The number of hydrogen-bond acceptors (Lipinski definition) is 0. The van der Waals surface area contributed by atoms with Crippen molar-refractivity contribution in [3.8, 4) is 0 Å². The molecule has 2 aromatic carbocycles. The van der Waals surface area contributed by atoms with Crippen LogP contribution in [0.5, 0.6) is 0 Å². The number of hydrogen-bond donors (Lipinski definition) is 0. The first-order chi connectivity index (χ1) is 11.4. The van der Waals surface area contributed by atoms with Crippen LogP contribution in [0.2, 0.25) is 0 Å². The van der Waals surface area contributed by atoms with E-state index in [1.54, 1.807) is 4.91 Å². The molecule has 1 aliphatic rings. The zero-order valence-corrected chi connectivity index (χ0v) is 14.8. The first kappa shape index (κ1) is 16.1. The molecule has 23 heavy (non-hydrogen) atoms. The molecule has 0 atom stereocenters. The Kier molecular flexibility index (Phi) is 5.40. The normalized spacial score (nSPS) is 15.3. The lowest BCUT2D eigenvalue weighted by atomic mass is 10.2. The van der Waals surface area contributed by atoms with Gasteiger partial charge >= 0.3 is 0 Å². The number of rotatable bonds is 6. The minimum Gasteiger partial charge on any atom is -0.164 e. The van der Waals surface area contributed by atoms with Crippen LogP contribution in [0, 0.1) is 0 Å². The van der Waals surface area contributed by atoms with Crippen LogP contribution in [0.3, 0.4) is 0 Å². The van der Waals surface area contributed by atoms with Gasteiger partial charge in [0, 0.05) is 0 Å². The monoisotopic (exact) mass is 322 g/mol. The Labute approximate surface area is 142 Å². The van der Waals surface area contributed by atoms with Crippen LogP contribution in [0.4, 0.5) is 0 Å². The molecule has 0 fully saturated rings. The quantitative estimate of drug-likeness (QED) is 0.540. The summed E-state index contributed by atoms with van der Waals surface area (Å²) < 4.78 is 0. The molecular weight excluding hydrogens is 296 g/mol. The highest BCUT2D eigenvalue weighted by Crippen LogP contribution is 2.69. The maximum atomic E-state index is 2.40. The van der Waals surface area contributed by atoms with Gasteiger partial charge in [0.1, 0.15) is 0 Å². The molecule has 1 heteroatoms. The lowest BCUT2D eigenvalue weighted by molar-refractivity contribution is 0.886. The van der Waals surface area contributed by atoms with Gasteiger partial charge in [-0.3, -0.25) is 0 Å². The fourth-order valence-electron chi connectivity index (χ4n) is 3.34. The van der Waals surface area contributed by atoms with E-state index in [1.807, 2.05) is 0 Å². The molecule has 1 aliphatic carbocycles. The molecule has 0 bridgehead atoms. The molecule has 0 amide bonds. The van der Waals surface area contributed by atoms with Gasteiger partial charge in [0.15, 0.2) is 0 Å². The van der Waals surface area contributed by atoms with E-state index in [-0.39, 0.29) is 0 Å². The Balaban J connectivity index is 2.20. The molecule has 0 heterocycles. The molecule has 0 saturated heterocycles. The van der Waals surface area contributed by atoms with Crippen LogP contribution < -0.4 is 0 Å². The summed E-state index contributed by atoms with van der Waals surface area (Å²) in [6, 6.07) is 22.4. The third kappa shape index (κ3) is 3.30. The van der Waals surface area contributed by atoms with Crippen LogP contribution in [0.1, 0.15) is 32.6 Å². The van der Waals surface area contributed by atoms with Crippen molar-refractivity contribution < 1.29 is 0 Å². The standard InChI is InChI=1S/C22H26S/c1-2-3-19-23(20-13-7-4-8-14-20,21-15-9-5-10-16-21)22-17-11-6-12-18-22/h4-11,13-17H,2-3,12,18-19H2,1H3. The van der Waals surface area contributed by atoms with Crippen molar-refractivity contribution in [3.63, 3.8) is 0 Å². The second kappa shape index (κ2) is 7.70. The van der Waals surface area contributed by atoms with Gasteiger partial charge in [-0.25, -0.2) is 0 Å². The summed E-state index contributed by atoms with van der Waals surface area (Å²) in [7, 11) is -1.11. The lowest BCUT2D eigenvalue weighted by Crippen LogP contribution is -2.11. The molecule has 0 radical (unpaired) electrons. The van der Waals surface area contributed by atoms with E-state index in [2.05, 4.69) is 85.8 Å². The van der Waals surface area contributed by atoms with E-state index in [0.717, 1.165) is 0 Å². The summed E-state index contributed by atoms with van der Waals surface area (Å²) in [5.41, 5.74) is 0. The molecule has 2 aromatic rings. The molecule has 0 spiro atoms. The molecule has 0 saturated carbocycles. The van der Waals surface area contributed by atoms with E-state index >= 15 is 0 Å². The third-order valence-corrected chi connectivity index (χ3v) is 8.81. The summed E-state index contributed by atoms with van der Waals surface area (Å²) in [6.07, 6.45) is 11.8. The highest BCUT2D eigenvalue weighted by atomic mass is 32.3. The molecule has 0 unspecified atom stereocenters. The van der Waals surface area contributed by atoms with Crippen LogP contribution in [-0.4, -0.2) is 5.75 Å². The largest absolute Gasteiger partial charge is 0.164 e. The Morgan fingerprint density at radius 3 is 1.96 bits per heavy atom. The Morgan fingerprint density at radius 2 is 1.48 bits per heavy atom. The molecule has 0 N–H and O–H groups in total. The van der Waals surface area contributed by atoms with Gasteiger partial charge in [-0.15, -0.1) is 0 Å². The predicted molar refractivity (Wildman–Crippen MR) is 103 cm³/mol. The number of benzene rings is 2. The van der Waals surface area contributed by atoms with Crippen LogP contribution in [0.15, 0.2) is 93.6 Å². The Morgan fingerprint density at radius 1 is 0.870 bits per heavy atom. The zero-order valence-electron chi connectivity index (χ0n) is 13.9. The topological polar surface area (TPSA) is 0 Å². The number of unbranched alkanes of at least 4 members (excludes halogenated alkanes) is 1. The van der Waals surface area contributed by atoms with Crippen molar-refractivity contribution in [1.82, 2.24) is 0 Å². The van der Waals surface area contributed by atoms with Gasteiger partial charge in [0.2, 0.25) is 0 Å². The summed E-state index contributed by atoms with van der Waals surface area (Å²) in [4.78, 5) is 4.67. The van der Waals surface area contributed by atoms with Gasteiger partial charge < -0.3 is 0 Å². The second-order valence-corrected chi connectivity index (χ2v) is 9.38. The van der Waals surface area contributed by atoms with E-state index in [1.165, 1.54) is 41.2 Å². The average Bonchev–Trinajstić information content (AvgIpc) is 2.65. The molecular formula is C22H26S. The van der Waals surface area contributed by atoms with Crippen molar-refractivity contribution in [3.05, 3.63) is 83.8 Å². The van der Waals surface area contributed by atoms with Crippen molar-refractivity contribution in [2.45, 2.75) is 42.4 Å². The smallest absolute Gasteiger partial charge is 0.00215 e. The summed E-state index contributed by atoms with van der Waals surface area (Å²) in [5.74, 6) is 1.26. The summed E-state index contributed by atoms with van der Waals surface area (Å²) in [6.45, 7) is 2.30. The van der Waals surface area contributed by atoms with Crippen molar-refractivity contribution in [2.75, 3.05) is 5.75 Å². The average molecular weight is 323 g/mol. The Bertz CT molecular complexity index is 628. The fourth-order valence-corrected chi connectivity index (χ4v) is 7.70. The van der Waals surface area contributed by atoms with Crippen molar-refractivity contribution in [2.24, 2.45) is 0 Å². The zero-order chi connectivity index (χ0) is 16.0. The van der Waals surface area contributed by atoms with E-state index in [0.29, 0.717) is 0 Å². The van der Waals surface area contributed by atoms with Crippen LogP contribution in [-0.2, 0) is 0 Å². The minimum atomic E-state index is -1.11. The molecule has 120 valence electrons. The highest BCUT2D eigenvalue weighted by molar-refractivity contribution is 8.36. The van der Waals surface area contributed by atoms with Gasteiger partial charge in [0.25, 0.3) is 0 Å². The van der Waals surface area contributed by atoms with Gasteiger partial charge in [-0.1, -0.05) is 68.0 Å². The maximum absolute atomic E-state index is 2.40. The fraction of sp³-hybridized carbons (Fsp3) is 0.273. The van der Waals surface area contributed by atoms with Crippen molar-refractivity contribution in [1.29, 1.82) is 0 Å². The second-order valence-electron chi connectivity index (χ2n) is 6.02. The predicted octanol–water partition coefficient (Wildman–Crippen LogP) is 6.94. The third-order valence-electron chi connectivity index (χ3n) is 4.52. The minimum absolute atomic E-state index is 1.11. The van der Waals surface area contributed by atoms with Gasteiger partial charge in [0.05, 0.1) is 0 Å². The molecule has 0 aliphatic heterocycles. The van der Waals surface area contributed by atoms with E-state index < -0.39 is 10.0 Å². The summed E-state index contributed by atoms with van der Waals surface area (Å²) >= 11 is 0. The van der Waals surface area contributed by atoms with Gasteiger partial charge in [-0.2, -0.15) is 10.0 Å². The van der Waals surface area contributed by atoms with E-state index in [9.17, 15) is 0 Å². The summed E-state index contributed by atoms with van der Waals surface area (Å²) in [5, 5.41) is 0. The SMILES string of the molecule is CCCCS(C1=CC=CCC1)(c1ccccc1)c1ccccc1. The molecule has 0 nitrogen and oxygen atoms in total. The van der Waals surface area contributed by atoms with E-state index in [4.69, 9.17) is 0 Å². The van der Waals surface area contributed by atoms with Crippen LogP contribution >= 0.6 is 10.0 Å². The molecule has 3 rings (SSSR count). The maximum Gasteiger partial charge on any atom is -0.00215 e. The van der Waals surface area contributed by atoms with Crippen LogP contribution in [0.25, 0.3) is 0 Å². The van der Waals surface area contributed by atoms with Crippen molar-refractivity contribution >= 4 is 10.0 Å². The molecule has 0 aromatic heterocycles. The first-order valence-electron chi connectivity index (χ1n) is 8.65. The highest BCUT2D eigenvalue weighted by Gasteiger charge is 2.31.